The van der Waals surface area contributed by atoms with Crippen molar-refractivity contribution < 1.29 is 0 Å². The first-order chi connectivity index (χ1) is 8.25. The van der Waals surface area contributed by atoms with Crippen molar-refractivity contribution in [2.24, 2.45) is 0 Å². The molecular weight excluding hydrogens is 252 g/mol. The molecule has 84 valence electrons. The van der Waals surface area contributed by atoms with Crippen LogP contribution in [0.15, 0.2) is 36.0 Å². The molecule has 0 atom stereocenters. The normalized spacial score (nSPS) is 10.9. The van der Waals surface area contributed by atoms with Crippen molar-refractivity contribution in [2.45, 2.75) is 6.92 Å². The summed E-state index contributed by atoms with van der Waals surface area (Å²) in [7, 11) is 0. The van der Waals surface area contributed by atoms with Crippen molar-refractivity contribution in [3.05, 3.63) is 46.7 Å². The van der Waals surface area contributed by atoms with E-state index in [1.807, 2.05) is 0 Å². The summed E-state index contributed by atoms with van der Waals surface area (Å²) >= 11 is 7.63. The van der Waals surface area contributed by atoms with Crippen LogP contribution in [0.3, 0.4) is 0 Å². The fourth-order valence-electron chi connectivity index (χ4n) is 1.76. The first kappa shape index (κ1) is 10.7. The topological polar surface area (TPSA) is 25.8 Å². The van der Waals surface area contributed by atoms with Crippen molar-refractivity contribution in [3.8, 4) is 11.1 Å². The first-order valence-electron chi connectivity index (χ1n) is 5.20. The van der Waals surface area contributed by atoms with Crippen molar-refractivity contribution in [1.82, 2.24) is 9.97 Å². The fraction of sp³-hybridized carbons (Fsp3) is 0.0769. The average molecular weight is 261 g/mol. The Morgan fingerprint density at radius 2 is 1.88 bits per heavy atom. The summed E-state index contributed by atoms with van der Waals surface area (Å²) in [5.41, 5.74) is 4.46. The highest BCUT2D eigenvalue weighted by molar-refractivity contribution is 7.18. The monoisotopic (exact) mass is 260 g/mol. The summed E-state index contributed by atoms with van der Waals surface area (Å²) in [5, 5.41) is 2.61. The van der Waals surface area contributed by atoms with Crippen LogP contribution in [0, 0.1) is 6.92 Å². The largest absolute Gasteiger partial charge is 0.235 e. The van der Waals surface area contributed by atoms with Gasteiger partial charge in [-0.15, -0.1) is 11.3 Å². The standard InChI is InChI=1S/C13H9ClN2S/c1-8-2-4-9(5-3-8)10-6-17-12-11(10)15-7-16-13(12)14/h2-7H,1H3. The molecule has 3 aromatic rings. The third-order valence-corrected chi connectivity index (χ3v) is 4.05. The summed E-state index contributed by atoms with van der Waals surface area (Å²) in [6, 6.07) is 8.41. The minimum absolute atomic E-state index is 0.526. The molecule has 0 unspecified atom stereocenters. The van der Waals surface area contributed by atoms with Crippen LogP contribution in [0.4, 0.5) is 0 Å². The Balaban J connectivity index is 2.24. The molecule has 0 fully saturated rings. The van der Waals surface area contributed by atoms with Crippen LogP contribution in [-0.4, -0.2) is 9.97 Å². The van der Waals surface area contributed by atoms with Gasteiger partial charge in [0.05, 0.1) is 10.2 Å². The van der Waals surface area contributed by atoms with Crippen molar-refractivity contribution in [3.63, 3.8) is 0 Å². The van der Waals surface area contributed by atoms with Crippen LogP contribution < -0.4 is 0 Å². The van der Waals surface area contributed by atoms with E-state index < -0.39 is 0 Å². The number of nitrogens with zero attached hydrogens (tertiary/aromatic N) is 2. The number of hydrogen-bond donors (Lipinski definition) is 0. The van der Waals surface area contributed by atoms with Crippen molar-refractivity contribution in [1.29, 1.82) is 0 Å². The first-order valence-corrected chi connectivity index (χ1v) is 6.46. The Morgan fingerprint density at radius 3 is 2.65 bits per heavy atom. The van der Waals surface area contributed by atoms with E-state index in [0.717, 1.165) is 21.3 Å². The lowest BCUT2D eigenvalue weighted by Crippen LogP contribution is -1.82. The Morgan fingerprint density at radius 1 is 1.12 bits per heavy atom. The van der Waals surface area contributed by atoms with E-state index in [4.69, 9.17) is 11.6 Å². The summed E-state index contributed by atoms with van der Waals surface area (Å²) in [4.78, 5) is 8.31. The number of rotatable bonds is 1. The second kappa shape index (κ2) is 4.09. The summed E-state index contributed by atoms with van der Waals surface area (Å²) in [5.74, 6) is 0. The number of halogens is 1. The van der Waals surface area contributed by atoms with Gasteiger partial charge in [0.15, 0.2) is 0 Å². The zero-order chi connectivity index (χ0) is 11.8. The van der Waals surface area contributed by atoms with Crippen molar-refractivity contribution in [2.75, 3.05) is 0 Å². The van der Waals surface area contributed by atoms with E-state index >= 15 is 0 Å². The molecule has 0 amide bonds. The van der Waals surface area contributed by atoms with Gasteiger partial charge in [0.1, 0.15) is 11.5 Å². The summed E-state index contributed by atoms with van der Waals surface area (Å²) in [6.07, 6.45) is 1.51. The lowest BCUT2D eigenvalue weighted by atomic mass is 10.1. The minimum atomic E-state index is 0.526. The molecule has 0 saturated carbocycles. The molecule has 2 aromatic heterocycles. The number of hydrogen-bond acceptors (Lipinski definition) is 3. The highest BCUT2D eigenvalue weighted by Crippen LogP contribution is 2.35. The zero-order valence-corrected chi connectivity index (χ0v) is 10.7. The van der Waals surface area contributed by atoms with Gasteiger partial charge >= 0.3 is 0 Å². The third-order valence-electron chi connectivity index (χ3n) is 2.67. The molecule has 0 N–H and O–H groups in total. The minimum Gasteiger partial charge on any atom is -0.235 e. The van der Waals surface area contributed by atoms with Crippen LogP contribution in [0.25, 0.3) is 21.3 Å². The number of aromatic nitrogens is 2. The predicted octanol–water partition coefficient (Wildman–Crippen LogP) is 4.32. The molecule has 1 aromatic carbocycles. The van der Waals surface area contributed by atoms with E-state index in [2.05, 4.69) is 46.5 Å². The third kappa shape index (κ3) is 1.81. The quantitative estimate of drug-likeness (QED) is 0.609. The van der Waals surface area contributed by atoms with Crippen LogP contribution in [0.5, 0.6) is 0 Å². The van der Waals surface area contributed by atoms with Gasteiger partial charge in [-0.25, -0.2) is 9.97 Å². The number of benzene rings is 1. The van der Waals surface area contributed by atoms with Gasteiger partial charge < -0.3 is 0 Å². The molecule has 0 aliphatic carbocycles. The maximum atomic E-state index is 6.04. The van der Waals surface area contributed by atoms with E-state index in [-0.39, 0.29) is 0 Å². The molecule has 17 heavy (non-hydrogen) atoms. The van der Waals surface area contributed by atoms with Gasteiger partial charge in [-0.3, -0.25) is 0 Å². The maximum absolute atomic E-state index is 6.04. The van der Waals surface area contributed by atoms with E-state index in [1.165, 1.54) is 11.9 Å². The van der Waals surface area contributed by atoms with Crippen LogP contribution in [-0.2, 0) is 0 Å². The van der Waals surface area contributed by atoms with Crippen molar-refractivity contribution >= 4 is 33.2 Å². The van der Waals surface area contributed by atoms with Crippen LogP contribution in [0.2, 0.25) is 5.15 Å². The molecular formula is C13H9ClN2S. The lowest BCUT2D eigenvalue weighted by Gasteiger charge is -2.00. The van der Waals surface area contributed by atoms with Crippen LogP contribution in [0.1, 0.15) is 5.56 Å². The average Bonchev–Trinajstić information content (AvgIpc) is 2.75. The highest BCUT2D eigenvalue weighted by Gasteiger charge is 2.10. The van der Waals surface area contributed by atoms with Gasteiger partial charge in [-0.2, -0.15) is 0 Å². The molecule has 0 aliphatic rings. The lowest BCUT2D eigenvalue weighted by molar-refractivity contribution is 1.23. The molecule has 3 rings (SSSR count). The molecule has 0 radical (unpaired) electrons. The zero-order valence-electron chi connectivity index (χ0n) is 9.14. The highest BCUT2D eigenvalue weighted by atomic mass is 35.5. The molecule has 2 nitrogen and oxygen atoms in total. The van der Waals surface area contributed by atoms with Gasteiger partial charge in [0.25, 0.3) is 0 Å². The molecule has 4 heteroatoms. The van der Waals surface area contributed by atoms with Gasteiger partial charge in [-0.1, -0.05) is 41.4 Å². The van der Waals surface area contributed by atoms with E-state index in [0.29, 0.717) is 5.15 Å². The Hall–Kier alpha value is -1.45. The van der Waals surface area contributed by atoms with Gasteiger partial charge in [-0.05, 0) is 12.5 Å². The fourth-order valence-corrected chi connectivity index (χ4v) is 2.93. The molecule has 0 saturated heterocycles. The second-order valence-corrected chi connectivity index (χ2v) is 5.10. The number of aryl methyl sites for hydroxylation is 1. The number of fused-ring (bicyclic) bond motifs is 1. The molecule has 2 heterocycles. The van der Waals surface area contributed by atoms with E-state index in [1.54, 1.807) is 11.3 Å². The second-order valence-electron chi connectivity index (χ2n) is 3.86. The predicted molar refractivity (Wildman–Crippen MR) is 72.6 cm³/mol. The molecule has 0 bridgehead atoms. The molecule has 0 aliphatic heterocycles. The van der Waals surface area contributed by atoms with Gasteiger partial charge in [0, 0.05) is 10.9 Å². The summed E-state index contributed by atoms with van der Waals surface area (Å²) in [6.45, 7) is 2.08. The van der Waals surface area contributed by atoms with Gasteiger partial charge in [0.2, 0.25) is 0 Å². The maximum Gasteiger partial charge on any atom is 0.150 e. The Labute approximate surface area is 108 Å². The van der Waals surface area contributed by atoms with Crippen LogP contribution >= 0.6 is 22.9 Å². The number of thiophene rings is 1. The Bertz CT molecular complexity index is 673. The molecule has 0 spiro atoms. The SMILES string of the molecule is Cc1ccc(-c2csc3c(Cl)ncnc23)cc1. The summed E-state index contributed by atoms with van der Waals surface area (Å²) < 4.78 is 0.949. The van der Waals surface area contributed by atoms with E-state index in [9.17, 15) is 0 Å². The smallest absolute Gasteiger partial charge is 0.150 e. The Kier molecular flexibility index (Phi) is 2.57.